The van der Waals surface area contributed by atoms with E-state index >= 15 is 0 Å². The first-order chi connectivity index (χ1) is 15.6. The molecule has 3 N–H and O–H groups in total. The zero-order valence-electron chi connectivity index (χ0n) is 17.6. The molecule has 0 aliphatic heterocycles. The van der Waals surface area contributed by atoms with Crippen molar-refractivity contribution < 1.29 is 31.8 Å². The molecule has 0 aliphatic rings. The Balaban J connectivity index is 2.03. The predicted octanol–water partition coefficient (Wildman–Crippen LogP) is 5.49. The molecule has 0 spiro atoms. The number of aliphatic hydroxyl groups is 1. The Hall–Kier alpha value is -3.47. The summed E-state index contributed by atoms with van der Waals surface area (Å²) in [6.45, 7) is 3.48. The van der Waals surface area contributed by atoms with Crippen molar-refractivity contribution in [3.63, 3.8) is 0 Å². The second-order valence-electron chi connectivity index (χ2n) is 7.44. The van der Waals surface area contributed by atoms with Gasteiger partial charge < -0.3 is 20.5 Å². The number of hydrogen-bond acceptors (Lipinski definition) is 6. The summed E-state index contributed by atoms with van der Waals surface area (Å²) in [5, 5.41) is 15.2. The van der Waals surface area contributed by atoms with Crippen LogP contribution in [0.25, 0.3) is 11.3 Å². The average molecular weight is 468 g/mol. The molecule has 0 bridgehead atoms. The lowest BCUT2D eigenvalue weighted by Crippen LogP contribution is -2.30. The highest BCUT2D eigenvalue weighted by atomic mass is 19.4. The van der Waals surface area contributed by atoms with Gasteiger partial charge in [-0.3, -0.25) is 0 Å². The number of halogens is 5. The van der Waals surface area contributed by atoms with Crippen LogP contribution in [-0.4, -0.2) is 34.1 Å². The van der Waals surface area contributed by atoms with Gasteiger partial charge in [-0.1, -0.05) is 32.0 Å². The number of aliphatic hydroxyl groups excluding tert-OH is 1. The van der Waals surface area contributed by atoms with Gasteiger partial charge in [0.05, 0.1) is 24.0 Å². The van der Waals surface area contributed by atoms with Crippen LogP contribution in [0.2, 0.25) is 0 Å². The van der Waals surface area contributed by atoms with Crippen molar-refractivity contribution in [2.45, 2.75) is 26.3 Å². The van der Waals surface area contributed by atoms with Crippen molar-refractivity contribution >= 4 is 17.5 Å². The van der Waals surface area contributed by atoms with Crippen molar-refractivity contribution in [3.05, 3.63) is 60.2 Å². The molecular weight excluding hydrogens is 447 g/mol. The summed E-state index contributed by atoms with van der Waals surface area (Å²) in [7, 11) is 0. The number of benzene rings is 2. The van der Waals surface area contributed by atoms with Gasteiger partial charge in [-0.05, 0) is 30.2 Å². The van der Waals surface area contributed by atoms with Crippen LogP contribution in [0, 0.1) is 17.6 Å². The average Bonchev–Trinajstić information content (AvgIpc) is 2.74. The van der Waals surface area contributed by atoms with Gasteiger partial charge in [0.2, 0.25) is 5.95 Å². The van der Waals surface area contributed by atoms with E-state index < -0.39 is 29.8 Å². The Kier molecular flexibility index (Phi) is 7.32. The molecule has 0 fully saturated rings. The quantitative estimate of drug-likeness (QED) is 0.380. The highest BCUT2D eigenvalue weighted by Gasteiger charge is 2.31. The Bertz CT molecular complexity index is 1110. The van der Waals surface area contributed by atoms with Crippen molar-refractivity contribution in [1.29, 1.82) is 0 Å². The zero-order valence-corrected chi connectivity index (χ0v) is 17.6. The molecule has 0 aliphatic carbocycles. The van der Waals surface area contributed by atoms with Gasteiger partial charge in [0, 0.05) is 11.6 Å². The third-order valence-electron chi connectivity index (χ3n) is 4.62. The lowest BCUT2D eigenvalue weighted by atomic mass is 10.1. The molecule has 0 amide bonds. The largest absolute Gasteiger partial charge is 0.573 e. The SMILES string of the molecule is CC(C)[C@@H](CO)Nc1nc(Nc2cccc(F)c2F)cc(-c2cccc(OC(F)(F)F)c2)n1. The second-order valence-corrected chi connectivity index (χ2v) is 7.44. The Morgan fingerprint density at radius 3 is 2.42 bits per heavy atom. The maximum atomic E-state index is 14.1. The first-order valence-electron chi connectivity index (χ1n) is 9.89. The maximum Gasteiger partial charge on any atom is 0.573 e. The van der Waals surface area contributed by atoms with Gasteiger partial charge in [-0.2, -0.15) is 4.98 Å². The Morgan fingerprint density at radius 2 is 1.76 bits per heavy atom. The van der Waals surface area contributed by atoms with Crippen LogP contribution in [0.5, 0.6) is 5.75 Å². The molecule has 6 nitrogen and oxygen atoms in total. The van der Waals surface area contributed by atoms with Crippen LogP contribution in [-0.2, 0) is 0 Å². The number of alkyl halides is 3. The van der Waals surface area contributed by atoms with Gasteiger partial charge in [-0.25, -0.2) is 13.8 Å². The summed E-state index contributed by atoms with van der Waals surface area (Å²) in [6, 6.07) is 9.64. The normalized spacial score (nSPS) is 12.5. The highest BCUT2D eigenvalue weighted by molar-refractivity contribution is 5.68. The smallest absolute Gasteiger partial charge is 0.406 e. The van der Waals surface area contributed by atoms with E-state index in [1.807, 2.05) is 13.8 Å². The van der Waals surface area contributed by atoms with Crippen molar-refractivity contribution in [2.75, 3.05) is 17.2 Å². The monoisotopic (exact) mass is 468 g/mol. The Labute approximate surface area is 186 Å². The number of nitrogens with zero attached hydrogens (tertiary/aromatic N) is 2. The van der Waals surface area contributed by atoms with Gasteiger partial charge >= 0.3 is 6.36 Å². The summed E-state index contributed by atoms with van der Waals surface area (Å²) < 4.78 is 69.6. The molecular formula is C22H21F5N4O2. The van der Waals surface area contributed by atoms with Crippen LogP contribution >= 0.6 is 0 Å². The Morgan fingerprint density at radius 1 is 1.03 bits per heavy atom. The fraction of sp³-hybridized carbons (Fsp3) is 0.273. The van der Waals surface area contributed by atoms with E-state index in [1.165, 1.54) is 30.3 Å². The molecule has 0 saturated heterocycles. The number of aromatic nitrogens is 2. The van der Waals surface area contributed by atoms with E-state index in [4.69, 9.17) is 0 Å². The molecule has 3 rings (SSSR count). The number of rotatable bonds is 8. The highest BCUT2D eigenvalue weighted by Crippen LogP contribution is 2.30. The molecule has 11 heteroatoms. The van der Waals surface area contributed by atoms with E-state index in [0.29, 0.717) is 0 Å². The molecule has 1 atom stereocenters. The summed E-state index contributed by atoms with van der Waals surface area (Å²) in [5.74, 6) is -2.57. The molecule has 0 saturated carbocycles. The van der Waals surface area contributed by atoms with Crippen LogP contribution in [0.15, 0.2) is 48.5 Å². The van der Waals surface area contributed by atoms with Crippen LogP contribution in [0.1, 0.15) is 13.8 Å². The molecule has 1 aromatic heterocycles. The predicted molar refractivity (Wildman–Crippen MR) is 113 cm³/mol. The maximum absolute atomic E-state index is 14.1. The van der Waals surface area contributed by atoms with Gasteiger partial charge in [0.25, 0.3) is 0 Å². The van der Waals surface area contributed by atoms with Gasteiger partial charge in [0.15, 0.2) is 11.6 Å². The van der Waals surface area contributed by atoms with E-state index in [-0.39, 0.29) is 41.2 Å². The molecule has 33 heavy (non-hydrogen) atoms. The number of ether oxygens (including phenoxy) is 1. The van der Waals surface area contributed by atoms with E-state index in [0.717, 1.165) is 18.2 Å². The van der Waals surface area contributed by atoms with Crippen molar-refractivity contribution in [1.82, 2.24) is 9.97 Å². The molecule has 0 unspecified atom stereocenters. The van der Waals surface area contributed by atoms with E-state index in [2.05, 4.69) is 25.3 Å². The van der Waals surface area contributed by atoms with Crippen LogP contribution in [0.3, 0.4) is 0 Å². The van der Waals surface area contributed by atoms with E-state index in [9.17, 15) is 27.1 Å². The fourth-order valence-electron chi connectivity index (χ4n) is 2.90. The molecule has 3 aromatic rings. The molecule has 1 heterocycles. The van der Waals surface area contributed by atoms with Crippen molar-refractivity contribution in [2.24, 2.45) is 5.92 Å². The first kappa shape index (κ1) is 24.2. The minimum Gasteiger partial charge on any atom is -0.406 e. The standard InChI is InChI=1S/C22H21F5N4O2/c1-12(2)18(11-32)30-21-29-17(13-5-3-6-14(9-13)33-22(25,26)27)10-19(31-21)28-16-8-4-7-15(23)20(16)24/h3-10,12,18,32H,11H2,1-2H3,(H2,28,29,30,31)/t18-/m1/s1. The first-order valence-corrected chi connectivity index (χ1v) is 9.89. The number of anilines is 3. The molecule has 176 valence electrons. The minimum absolute atomic E-state index is 0.0113. The summed E-state index contributed by atoms with van der Waals surface area (Å²) >= 11 is 0. The summed E-state index contributed by atoms with van der Waals surface area (Å²) in [6.07, 6.45) is -4.87. The van der Waals surface area contributed by atoms with Crippen molar-refractivity contribution in [3.8, 4) is 17.0 Å². The minimum atomic E-state index is -4.87. The van der Waals surface area contributed by atoms with Gasteiger partial charge in [-0.15, -0.1) is 13.2 Å². The lowest BCUT2D eigenvalue weighted by Gasteiger charge is -2.21. The van der Waals surface area contributed by atoms with Crippen LogP contribution in [0.4, 0.5) is 39.4 Å². The van der Waals surface area contributed by atoms with Gasteiger partial charge in [0.1, 0.15) is 11.6 Å². The van der Waals surface area contributed by atoms with E-state index in [1.54, 1.807) is 0 Å². The lowest BCUT2D eigenvalue weighted by molar-refractivity contribution is -0.274. The zero-order chi connectivity index (χ0) is 24.2. The summed E-state index contributed by atoms with van der Waals surface area (Å²) in [5.41, 5.74) is 0.247. The summed E-state index contributed by atoms with van der Waals surface area (Å²) in [4.78, 5) is 8.55. The third kappa shape index (κ3) is 6.51. The second kappa shape index (κ2) is 9.99. The van der Waals surface area contributed by atoms with Crippen LogP contribution < -0.4 is 15.4 Å². The molecule has 0 radical (unpaired) electrons. The number of hydrogen-bond donors (Lipinski definition) is 3. The third-order valence-corrected chi connectivity index (χ3v) is 4.62. The molecule has 2 aromatic carbocycles. The topological polar surface area (TPSA) is 79.3 Å². The number of nitrogens with one attached hydrogen (secondary N) is 2. The fourth-order valence-corrected chi connectivity index (χ4v) is 2.90.